The number of carbonyl (C=O) groups excluding carboxylic acids is 2. The van der Waals surface area contributed by atoms with Crippen LogP contribution in [-0.2, 0) is 14.3 Å². The maximum absolute atomic E-state index is 12.1. The second-order valence-corrected chi connectivity index (χ2v) is 7.57. The number of fused-ring (bicyclic) bond motifs is 3. The molecule has 2 aromatic carbocycles. The molecule has 0 aliphatic heterocycles. The van der Waals surface area contributed by atoms with Crippen molar-refractivity contribution >= 4 is 18.0 Å². The first-order chi connectivity index (χ1) is 14.9. The van der Waals surface area contributed by atoms with Crippen molar-refractivity contribution in [3.63, 3.8) is 0 Å². The lowest BCUT2D eigenvalue weighted by Crippen LogP contribution is -2.35. The highest BCUT2D eigenvalue weighted by molar-refractivity contribution is 5.93. The molecular weight excluding hydrogens is 396 g/mol. The fourth-order valence-corrected chi connectivity index (χ4v) is 3.68. The molecule has 0 saturated heterocycles. The second-order valence-electron chi connectivity index (χ2n) is 7.57. The molecular formula is C24H26N2O5. The summed E-state index contributed by atoms with van der Waals surface area (Å²) in [4.78, 5) is 34.8. The molecule has 2 aromatic rings. The van der Waals surface area contributed by atoms with E-state index in [1.807, 2.05) is 24.3 Å². The second kappa shape index (κ2) is 9.93. The van der Waals surface area contributed by atoms with E-state index in [1.165, 1.54) is 0 Å². The zero-order chi connectivity index (χ0) is 22.4. The highest BCUT2D eigenvalue weighted by Crippen LogP contribution is 2.44. The van der Waals surface area contributed by atoms with Gasteiger partial charge in [-0.3, -0.25) is 9.59 Å². The van der Waals surface area contributed by atoms with E-state index in [1.54, 1.807) is 19.9 Å². The van der Waals surface area contributed by atoms with E-state index < -0.39 is 18.1 Å². The Hall–Kier alpha value is -3.61. The van der Waals surface area contributed by atoms with Crippen LogP contribution >= 0.6 is 0 Å². The van der Waals surface area contributed by atoms with Gasteiger partial charge in [0.25, 0.3) is 0 Å². The van der Waals surface area contributed by atoms with E-state index in [0.29, 0.717) is 5.57 Å². The molecule has 162 valence electrons. The van der Waals surface area contributed by atoms with Gasteiger partial charge in [0.15, 0.2) is 0 Å². The van der Waals surface area contributed by atoms with Crippen molar-refractivity contribution in [3.8, 4) is 11.1 Å². The Bertz CT molecular complexity index is 969. The average Bonchev–Trinajstić information content (AvgIpc) is 3.05. The molecule has 3 N–H and O–H groups in total. The minimum absolute atomic E-state index is 0.0167. The highest BCUT2D eigenvalue weighted by Gasteiger charge is 2.28. The van der Waals surface area contributed by atoms with Crippen LogP contribution in [0.25, 0.3) is 11.1 Å². The van der Waals surface area contributed by atoms with Crippen LogP contribution in [0.3, 0.4) is 0 Å². The van der Waals surface area contributed by atoms with Gasteiger partial charge in [0.05, 0.1) is 6.42 Å². The van der Waals surface area contributed by atoms with Crippen LogP contribution in [0.5, 0.6) is 0 Å². The molecule has 3 rings (SSSR count). The van der Waals surface area contributed by atoms with Gasteiger partial charge in [0.1, 0.15) is 6.61 Å². The summed E-state index contributed by atoms with van der Waals surface area (Å²) in [5.74, 6) is -1.37. The lowest BCUT2D eigenvalue weighted by molar-refractivity contribution is -0.137. The van der Waals surface area contributed by atoms with Crippen molar-refractivity contribution in [2.75, 3.05) is 13.2 Å². The van der Waals surface area contributed by atoms with Crippen molar-refractivity contribution in [2.24, 2.45) is 0 Å². The number of alkyl carbamates (subject to hydrolysis) is 1. The van der Waals surface area contributed by atoms with E-state index in [9.17, 15) is 14.4 Å². The Balaban J connectivity index is 1.50. The number of ether oxygens (including phenoxy) is 1. The predicted octanol–water partition coefficient (Wildman–Crippen LogP) is 3.45. The maximum atomic E-state index is 12.1. The highest BCUT2D eigenvalue weighted by atomic mass is 16.5. The largest absolute Gasteiger partial charge is 0.481 e. The number of carboxylic acids is 1. The lowest BCUT2D eigenvalue weighted by atomic mass is 9.98. The van der Waals surface area contributed by atoms with Crippen molar-refractivity contribution in [1.82, 2.24) is 10.6 Å². The summed E-state index contributed by atoms with van der Waals surface area (Å²) < 4.78 is 5.45. The number of hydrogen-bond acceptors (Lipinski definition) is 4. The molecule has 0 saturated carbocycles. The van der Waals surface area contributed by atoms with Crippen LogP contribution in [0, 0.1) is 0 Å². The SMILES string of the molecule is C/C(=C\CNC(=O)OCC1c2ccccc2-c2ccccc21)C(=O)N[C@@H](C)CC(=O)O. The smallest absolute Gasteiger partial charge is 0.407 e. The number of hydrogen-bond donors (Lipinski definition) is 3. The summed E-state index contributed by atoms with van der Waals surface area (Å²) in [5, 5.41) is 14.0. The standard InChI is InChI=1S/C24H26N2O5/c1-15(23(29)26-16(2)13-22(27)28)11-12-25-24(30)31-14-21-19-9-5-3-7-17(19)18-8-4-6-10-20(18)21/h3-11,16,21H,12-14H2,1-2H3,(H,25,30)(H,26,29)(H,27,28)/b15-11+/t16-/m0/s1. The van der Waals surface area contributed by atoms with E-state index in [2.05, 4.69) is 34.9 Å². The minimum Gasteiger partial charge on any atom is -0.481 e. The molecule has 0 radical (unpaired) electrons. The number of aliphatic carboxylic acids is 1. The minimum atomic E-state index is -0.980. The van der Waals surface area contributed by atoms with E-state index in [4.69, 9.17) is 9.84 Å². The molecule has 7 heteroatoms. The van der Waals surface area contributed by atoms with Crippen molar-refractivity contribution < 1.29 is 24.2 Å². The molecule has 0 bridgehead atoms. The molecule has 1 aliphatic rings. The van der Waals surface area contributed by atoms with Gasteiger partial charge in [-0.15, -0.1) is 0 Å². The van der Waals surface area contributed by atoms with Gasteiger partial charge in [0.2, 0.25) is 5.91 Å². The molecule has 0 heterocycles. The Morgan fingerprint density at radius 2 is 1.65 bits per heavy atom. The van der Waals surface area contributed by atoms with Gasteiger partial charge in [-0.05, 0) is 36.1 Å². The molecule has 2 amide bonds. The lowest BCUT2D eigenvalue weighted by Gasteiger charge is -2.14. The number of carbonyl (C=O) groups is 3. The van der Waals surface area contributed by atoms with Crippen LogP contribution in [0.1, 0.15) is 37.3 Å². The average molecular weight is 422 g/mol. The van der Waals surface area contributed by atoms with Gasteiger partial charge in [0, 0.05) is 24.1 Å². The summed E-state index contributed by atoms with van der Waals surface area (Å²) in [5.41, 5.74) is 4.98. The normalized spacial score (nSPS) is 13.7. The maximum Gasteiger partial charge on any atom is 0.407 e. The first kappa shape index (κ1) is 22.1. The fraction of sp³-hybridized carbons (Fsp3) is 0.292. The van der Waals surface area contributed by atoms with Crippen LogP contribution in [0.15, 0.2) is 60.2 Å². The third-order valence-electron chi connectivity index (χ3n) is 5.21. The third-order valence-corrected chi connectivity index (χ3v) is 5.21. The Labute approximate surface area is 181 Å². The first-order valence-electron chi connectivity index (χ1n) is 10.1. The monoisotopic (exact) mass is 422 g/mol. The van der Waals surface area contributed by atoms with Gasteiger partial charge >= 0.3 is 12.1 Å². The number of rotatable bonds is 8. The van der Waals surface area contributed by atoms with Crippen molar-refractivity contribution in [2.45, 2.75) is 32.2 Å². The Morgan fingerprint density at radius 1 is 1.06 bits per heavy atom. The molecule has 0 aromatic heterocycles. The van der Waals surface area contributed by atoms with Crippen LogP contribution in [-0.4, -0.2) is 42.3 Å². The molecule has 0 spiro atoms. The quantitative estimate of drug-likeness (QED) is 0.565. The summed E-state index contributed by atoms with van der Waals surface area (Å²) in [6.45, 7) is 3.56. The van der Waals surface area contributed by atoms with Crippen molar-refractivity contribution in [1.29, 1.82) is 0 Å². The topological polar surface area (TPSA) is 105 Å². The predicted molar refractivity (Wildman–Crippen MR) is 117 cm³/mol. The van der Waals surface area contributed by atoms with Gasteiger partial charge in [-0.25, -0.2) is 4.79 Å². The summed E-state index contributed by atoms with van der Waals surface area (Å²) in [6, 6.07) is 15.7. The van der Waals surface area contributed by atoms with E-state index in [0.717, 1.165) is 22.3 Å². The first-order valence-corrected chi connectivity index (χ1v) is 10.1. The van der Waals surface area contributed by atoms with Gasteiger partial charge in [-0.1, -0.05) is 54.6 Å². The van der Waals surface area contributed by atoms with E-state index in [-0.39, 0.29) is 31.4 Å². The van der Waals surface area contributed by atoms with Crippen LogP contribution < -0.4 is 10.6 Å². The number of nitrogens with one attached hydrogen (secondary N) is 2. The molecule has 0 unspecified atom stereocenters. The summed E-state index contributed by atoms with van der Waals surface area (Å²) >= 11 is 0. The molecule has 31 heavy (non-hydrogen) atoms. The molecule has 1 atom stereocenters. The Morgan fingerprint density at radius 3 is 2.23 bits per heavy atom. The molecule has 1 aliphatic carbocycles. The van der Waals surface area contributed by atoms with Crippen LogP contribution in [0.2, 0.25) is 0 Å². The zero-order valence-corrected chi connectivity index (χ0v) is 17.6. The third kappa shape index (κ3) is 5.51. The summed E-state index contributed by atoms with van der Waals surface area (Å²) in [7, 11) is 0. The zero-order valence-electron chi connectivity index (χ0n) is 17.6. The summed E-state index contributed by atoms with van der Waals surface area (Å²) in [6.07, 6.45) is 0.840. The van der Waals surface area contributed by atoms with Crippen molar-refractivity contribution in [3.05, 3.63) is 71.3 Å². The van der Waals surface area contributed by atoms with Gasteiger partial charge in [-0.2, -0.15) is 0 Å². The Kier molecular flexibility index (Phi) is 7.07. The fourth-order valence-electron chi connectivity index (χ4n) is 3.68. The van der Waals surface area contributed by atoms with Crippen LogP contribution in [0.4, 0.5) is 4.79 Å². The van der Waals surface area contributed by atoms with Gasteiger partial charge < -0.3 is 20.5 Å². The molecule has 0 fully saturated rings. The molecule has 7 nitrogen and oxygen atoms in total. The van der Waals surface area contributed by atoms with E-state index >= 15 is 0 Å². The number of carboxylic acid groups (broad SMARTS) is 1. The number of benzene rings is 2. The number of amides is 2.